The molecule has 1 atom stereocenters. The van der Waals surface area contributed by atoms with E-state index in [2.05, 4.69) is 120 Å². The number of nitrogens with zero attached hydrogens (tertiary/aromatic N) is 4. The number of anilines is 4. The summed E-state index contributed by atoms with van der Waals surface area (Å²) in [6.07, 6.45) is 7.01. The molecule has 4 nitrogen and oxygen atoms in total. The highest BCUT2D eigenvalue weighted by molar-refractivity contribution is 5.88. The zero-order valence-corrected chi connectivity index (χ0v) is 26.0. The van der Waals surface area contributed by atoms with Gasteiger partial charge in [-0.1, -0.05) is 77.9 Å². The second-order valence-electron chi connectivity index (χ2n) is 12.8. The van der Waals surface area contributed by atoms with E-state index in [0.29, 0.717) is 11.8 Å². The van der Waals surface area contributed by atoms with Gasteiger partial charge in [0.25, 0.3) is 0 Å². The van der Waals surface area contributed by atoms with E-state index in [1.807, 2.05) is 12.4 Å². The van der Waals surface area contributed by atoms with Crippen LogP contribution in [0.1, 0.15) is 100 Å². The molecule has 0 spiro atoms. The lowest BCUT2D eigenvalue weighted by atomic mass is 9.69. The summed E-state index contributed by atoms with van der Waals surface area (Å²) < 4.78 is 0. The molecule has 2 aliphatic heterocycles. The van der Waals surface area contributed by atoms with Gasteiger partial charge in [0.05, 0.1) is 0 Å². The molecule has 0 amide bonds. The van der Waals surface area contributed by atoms with Crippen LogP contribution in [0.4, 0.5) is 23.0 Å². The Kier molecular flexibility index (Phi) is 6.92. The topological polar surface area (TPSA) is 32.3 Å². The molecule has 4 heteroatoms. The van der Waals surface area contributed by atoms with Crippen LogP contribution in [0.2, 0.25) is 0 Å². The van der Waals surface area contributed by atoms with Crippen molar-refractivity contribution in [2.45, 2.75) is 98.1 Å². The molecule has 3 heterocycles. The number of aryl methyl sites for hydroxylation is 2. The largest absolute Gasteiger partial charge is 0.302 e. The molecule has 0 bridgehead atoms. The average molecular weight is 545 g/mol. The Hall–Kier alpha value is -3.66. The number of hydrogen-bond acceptors (Lipinski definition) is 4. The molecule has 1 aromatic heterocycles. The Morgan fingerprint density at radius 2 is 1.37 bits per heavy atom. The van der Waals surface area contributed by atoms with E-state index in [1.165, 1.54) is 50.3 Å². The standard InChI is InChI=1S/C37H44N4/c1-9-37(10-2)22-33-40(28-19-25(7)18-26(8)20-28)35-36(39-17-16-38-35)41(33)32-21-27(14-15-31(32)37)34-29(23(3)4)12-11-13-30(34)24(5)6/h11-21,23-24,33H,9-10,22H2,1-8H3. The van der Waals surface area contributed by atoms with Crippen LogP contribution in [-0.2, 0) is 5.41 Å². The Bertz CT molecular complexity index is 1550. The molecule has 1 unspecified atom stereocenters. The van der Waals surface area contributed by atoms with E-state index in [9.17, 15) is 0 Å². The highest BCUT2D eigenvalue weighted by Crippen LogP contribution is 2.57. The van der Waals surface area contributed by atoms with Crippen molar-refractivity contribution in [2.75, 3.05) is 9.80 Å². The number of aromatic nitrogens is 2. The van der Waals surface area contributed by atoms with Crippen LogP contribution >= 0.6 is 0 Å². The zero-order chi connectivity index (χ0) is 29.1. The van der Waals surface area contributed by atoms with E-state index >= 15 is 0 Å². The van der Waals surface area contributed by atoms with Crippen molar-refractivity contribution in [3.8, 4) is 11.1 Å². The van der Waals surface area contributed by atoms with Crippen LogP contribution in [0, 0.1) is 13.8 Å². The van der Waals surface area contributed by atoms with Crippen molar-refractivity contribution < 1.29 is 0 Å². The van der Waals surface area contributed by atoms with E-state index in [4.69, 9.17) is 9.97 Å². The molecule has 4 aromatic rings. The molecule has 0 radical (unpaired) electrons. The van der Waals surface area contributed by atoms with E-state index in [0.717, 1.165) is 30.9 Å². The minimum atomic E-state index is 0.0760. The molecular formula is C37H44N4. The summed E-state index contributed by atoms with van der Waals surface area (Å²) in [5.74, 6) is 2.79. The Balaban J connectivity index is 1.62. The smallest absolute Gasteiger partial charge is 0.178 e. The first-order valence-electron chi connectivity index (χ1n) is 15.4. The maximum absolute atomic E-state index is 4.98. The minimum absolute atomic E-state index is 0.0760. The first-order valence-corrected chi connectivity index (χ1v) is 15.4. The number of fused-ring (bicyclic) bond motifs is 5. The summed E-state index contributed by atoms with van der Waals surface area (Å²) in [5, 5.41) is 0. The summed E-state index contributed by atoms with van der Waals surface area (Å²) in [7, 11) is 0. The lowest BCUT2D eigenvalue weighted by molar-refractivity contribution is 0.322. The highest BCUT2D eigenvalue weighted by atomic mass is 15.5. The fourth-order valence-corrected chi connectivity index (χ4v) is 7.50. The molecule has 0 saturated carbocycles. The van der Waals surface area contributed by atoms with Crippen LogP contribution in [-0.4, -0.2) is 16.1 Å². The number of hydrogen-bond donors (Lipinski definition) is 0. The lowest BCUT2D eigenvalue weighted by Crippen LogP contribution is -2.48. The highest BCUT2D eigenvalue weighted by Gasteiger charge is 2.50. The van der Waals surface area contributed by atoms with Crippen LogP contribution in [0.3, 0.4) is 0 Å². The summed E-state index contributed by atoms with van der Waals surface area (Å²) in [6, 6.07) is 21.0. The van der Waals surface area contributed by atoms with Gasteiger partial charge in [-0.15, -0.1) is 0 Å². The van der Waals surface area contributed by atoms with Crippen LogP contribution in [0.5, 0.6) is 0 Å². The Labute approximate surface area is 246 Å². The summed E-state index contributed by atoms with van der Waals surface area (Å²) in [6.45, 7) is 18.3. The molecule has 0 aliphatic carbocycles. The van der Waals surface area contributed by atoms with Gasteiger partial charge >= 0.3 is 0 Å². The van der Waals surface area contributed by atoms with Gasteiger partial charge in [0.2, 0.25) is 0 Å². The predicted molar refractivity (Wildman–Crippen MR) is 173 cm³/mol. The quantitative estimate of drug-likeness (QED) is 0.242. The third-order valence-electron chi connectivity index (χ3n) is 9.61. The average Bonchev–Trinajstić information content (AvgIpc) is 3.29. The normalized spacial score (nSPS) is 17.2. The molecule has 0 saturated heterocycles. The van der Waals surface area contributed by atoms with Gasteiger partial charge in [-0.05, 0) is 102 Å². The Morgan fingerprint density at radius 3 is 1.93 bits per heavy atom. The maximum atomic E-state index is 4.98. The van der Waals surface area contributed by atoms with E-state index < -0.39 is 0 Å². The van der Waals surface area contributed by atoms with Crippen molar-refractivity contribution in [3.05, 3.63) is 94.8 Å². The predicted octanol–water partition coefficient (Wildman–Crippen LogP) is 10.1. The van der Waals surface area contributed by atoms with Crippen LogP contribution in [0.25, 0.3) is 11.1 Å². The molecule has 0 fully saturated rings. The first kappa shape index (κ1) is 27.5. The van der Waals surface area contributed by atoms with Crippen molar-refractivity contribution in [2.24, 2.45) is 0 Å². The molecular weight excluding hydrogens is 500 g/mol. The fourth-order valence-electron chi connectivity index (χ4n) is 7.50. The van der Waals surface area contributed by atoms with Gasteiger partial charge in [0.15, 0.2) is 11.6 Å². The SMILES string of the molecule is CCC1(CC)CC2N(c3cc(C)cc(C)c3)c3nccnc3N2c2cc(-c3c(C(C)C)cccc3C(C)C)ccc21. The number of benzene rings is 3. The van der Waals surface area contributed by atoms with Gasteiger partial charge < -0.3 is 9.80 Å². The number of rotatable bonds is 6. The molecule has 212 valence electrons. The Morgan fingerprint density at radius 1 is 0.780 bits per heavy atom. The van der Waals surface area contributed by atoms with Crippen LogP contribution < -0.4 is 9.80 Å². The molecule has 0 N–H and O–H groups in total. The van der Waals surface area contributed by atoms with Gasteiger partial charge in [0.1, 0.15) is 6.17 Å². The monoisotopic (exact) mass is 544 g/mol. The van der Waals surface area contributed by atoms with Gasteiger partial charge in [-0.3, -0.25) is 0 Å². The van der Waals surface area contributed by atoms with Crippen molar-refractivity contribution in [3.63, 3.8) is 0 Å². The minimum Gasteiger partial charge on any atom is -0.302 e. The zero-order valence-electron chi connectivity index (χ0n) is 26.0. The second kappa shape index (κ2) is 10.3. The van der Waals surface area contributed by atoms with Crippen molar-refractivity contribution in [1.82, 2.24) is 9.97 Å². The first-order chi connectivity index (χ1) is 19.7. The third-order valence-corrected chi connectivity index (χ3v) is 9.61. The van der Waals surface area contributed by atoms with E-state index in [1.54, 1.807) is 0 Å². The fraction of sp³-hybridized carbons (Fsp3) is 0.405. The van der Waals surface area contributed by atoms with Crippen LogP contribution in [0.15, 0.2) is 67.0 Å². The van der Waals surface area contributed by atoms with Crippen molar-refractivity contribution in [1.29, 1.82) is 0 Å². The lowest BCUT2D eigenvalue weighted by Gasteiger charge is -2.47. The summed E-state index contributed by atoms with van der Waals surface area (Å²) >= 11 is 0. The van der Waals surface area contributed by atoms with Crippen molar-refractivity contribution >= 4 is 23.0 Å². The van der Waals surface area contributed by atoms with E-state index in [-0.39, 0.29) is 11.6 Å². The summed E-state index contributed by atoms with van der Waals surface area (Å²) in [5.41, 5.74) is 12.1. The molecule has 3 aromatic carbocycles. The van der Waals surface area contributed by atoms with Gasteiger partial charge in [0, 0.05) is 29.2 Å². The third kappa shape index (κ3) is 4.34. The second-order valence-corrected chi connectivity index (χ2v) is 12.8. The summed E-state index contributed by atoms with van der Waals surface area (Å²) in [4.78, 5) is 14.9. The van der Waals surface area contributed by atoms with Gasteiger partial charge in [-0.25, -0.2) is 9.97 Å². The molecule has 41 heavy (non-hydrogen) atoms. The molecule has 6 rings (SSSR count). The maximum Gasteiger partial charge on any atom is 0.178 e. The van der Waals surface area contributed by atoms with Gasteiger partial charge in [-0.2, -0.15) is 0 Å². The molecule has 2 aliphatic rings.